The van der Waals surface area contributed by atoms with Gasteiger partial charge in [0.1, 0.15) is 7.28 Å². The van der Waals surface area contributed by atoms with Crippen LogP contribution in [0.4, 0.5) is 0 Å². The van der Waals surface area contributed by atoms with Crippen LogP contribution < -0.4 is 5.32 Å². The van der Waals surface area contributed by atoms with Crippen LogP contribution in [0.3, 0.4) is 0 Å². The zero-order valence-corrected chi connectivity index (χ0v) is 21.7. The normalized spacial score (nSPS) is 31.5. The van der Waals surface area contributed by atoms with E-state index in [1.54, 1.807) is 5.57 Å². The molecule has 3 rings (SSSR count). The third-order valence-electron chi connectivity index (χ3n) is 9.20. The quantitative estimate of drug-likeness (QED) is 0.339. The molecule has 1 atom stereocenters. The summed E-state index contributed by atoms with van der Waals surface area (Å²) in [5.41, 5.74) is 1.61. The monoisotopic (exact) mass is 441 g/mol. The smallest absolute Gasteiger partial charge is 0.223 e. The average molecular weight is 442 g/mol. The molecule has 1 unspecified atom stereocenters. The Bertz CT molecular complexity index is 580. The topological polar surface area (TPSA) is 29.1 Å². The zero-order chi connectivity index (χ0) is 22.8. The molecule has 0 bridgehead atoms. The summed E-state index contributed by atoms with van der Waals surface area (Å²) in [7, 11) is 1.40. The fourth-order valence-corrected chi connectivity index (χ4v) is 7.07. The molecule has 2 nitrogen and oxygen atoms in total. The lowest BCUT2D eigenvalue weighted by Gasteiger charge is -2.39. The molecule has 0 aromatic rings. The van der Waals surface area contributed by atoms with Crippen LogP contribution in [0, 0.1) is 11.8 Å². The van der Waals surface area contributed by atoms with Crippen molar-refractivity contribution in [3.63, 3.8) is 0 Å². The molecular formula is C29H52BNO. The van der Waals surface area contributed by atoms with Gasteiger partial charge in [0, 0.05) is 12.0 Å². The summed E-state index contributed by atoms with van der Waals surface area (Å²) in [6, 6.07) is 0.447. The van der Waals surface area contributed by atoms with Gasteiger partial charge in [-0.05, 0) is 57.8 Å². The molecule has 0 aromatic heterocycles. The van der Waals surface area contributed by atoms with Gasteiger partial charge >= 0.3 is 0 Å². The predicted octanol–water partition coefficient (Wildman–Crippen LogP) is 8.14. The highest BCUT2D eigenvalue weighted by Crippen LogP contribution is 2.46. The first-order valence-electron chi connectivity index (χ1n) is 14.4. The van der Waals surface area contributed by atoms with Gasteiger partial charge < -0.3 is 5.32 Å². The zero-order valence-electron chi connectivity index (χ0n) is 21.7. The second-order valence-corrected chi connectivity index (χ2v) is 12.4. The summed E-state index contributed by atoms with van der Waals surface area (Å²) in [4.78, 5) is 13.0. The molecule has 32 heavy (non-hydrogen) atoms. The first-order chi connectivity index (χ1) is 15.4. The van der Waals surface area contributed by atoms with Crippen LogP contribution in [0.15, 0.2) is 11.6 Å². The van der Waals surface area contributed by atoms with Crippen molar-refractivity contribution in [3.8, 4) is 0 Å². The van der Waals surface area contributed by atoms with Crippen LogP contribution in [-0.4, -0.2) is 19.2 Å². The van der Waals surface area contributed by atoms with Gasteiger partial charge in [0.05, 0.1) is 0 Å². The van der Waals surface area contributed by atoms with Crippen molar-refractivity contribution >= 4 is 13.2 Å². The van der Waals surface area contributed by atoms with Crippen molar-refractivity contribution < 1.29 is 4.79 Å². The Labute approximate surface area is 200 Å². The standard InChI is InChI=1S/C29H52BNO/c1-23-13-9-19-26(20-10-14-23)30-29(2,3)25-17-11-15-24(16-12-18-25)28(32)31-27-21-7-5-4-6-8-22-27/h13,24-27,30H,4-12,14-22H2,1-3H3,(H,31,32)/b23-13+. The van der Waals surface area contributed by atoms with Crippen molar-refractivity contribution in [2.24, 2.45) is 11.8 Å². The summed E-state index contributed by atoms with van der Waals surface area (Å²) < 4.78 is 0. The maximum absolute atomic E-state index is 13.0. The summed E-state index contributed by atoms with van der Waals surface area (Å²) in [5, 5.41) is 3.91. The molecule has 1 N–H and O–H groups in total. The van der Waals surface area contributed by atoms with E-state index >= 15 is 0 Å². The Hall–Kier alpha value is -0.725. The van der Waals surface area contributed by atoms with E-state index in [1.165, 1.54) is 110 Å². The van der Waals surface area contributed by atoms with E-state index in [4.69, 9.17) is 0 Å². The number of allylic oxidation sites excluding steroid dienone is 2. The lowest BCUT2D eigenvalue weighted by molar-refractivity contribution is -0.126. The third kappa shape index (κ3) is 8.56. The highest BCUT2D eigenvalue weighted by molar-refractivity contribution is 6.41. The average Bonchev–Trinajstić information content (AvgIpc) is 2.67. The minimum Gasteiger partial charge on any atom is -0.353 e. The number of carbonyl (C=O) groups excluding carboxylic acids is 1. The Morgan fingerprint density at radius 2 is 1.50 bits per heavy atom. The van der Waals surface area contributed by atoms with Crippen LogP contribution in [0.2, 0.25) is 11.1 Å². The fourth-order valence-electron chi connectivity index (χ4n) is 7.07. The number of hydrogen-bond donors (Lipinski definition) is 1. The van der Waals surface area contributed by atoms with Gasteiger partial charge in [-0.25, -0.2) is 0 Å². The number of amides is 1. The molecule has 2 saturated carbocycles. The molecule has 0 aromatic carbocycles. The van der Waals surface area contributed by atoms with E-state index < -0.39 is 0 Å². The van der Waals surface area contributed by atoms with Gasteiger partial charge in [0.2, 0.25) is 5.91 Å². The number of hydrogen-bond acceptors (Lipinski definition) is 1. The first kappa shape index (κ1) is 25.9. The highest BCUT2D eigenvalue weighted by Gasteiger charge is 2.34. The summed E-state index contributed by atoms with van der Waals surface area (Å²) in [6.07, 6.45) is 25.7. The van der Waals surface area contributed by atoms with Gasteiger partial charge in [-0.15, -0.1) is 0 Å². The third-order valence-corrected chi connectivity index (χ3v) is 9.20. The Balaban J connectivity index is 1.44. The maximum atomic E-state index is 13.0. The molecule has 0 saturated heterocycles. The molecule has 0 spiro atoms. The number of rotatable bonds is 5. The van der Waals surface area contributed by atoms with Crippen LogP contribution in [-0.2, 0) is 4.79 Å². The lowest BCUT2D eigenvalue weighted by atomic mass is 9.41. The molecular weight excluding hydrogens is 389 g/mol. The predicted molar refractivity (Wildman–Crippen MR) is 141 cm³/mol. The molecule has 1 amide bonds. The molecule has 0 aliphatic heterocycles. The van der Waals surface area contributed by atoms with E-state index in [9.17, 15) is 4.79 Å². The van der Waals surface area contributed by atoms with Crippen molar-refractivity contribution in [3.05, 3.63) is 11.6 Å². The van der Waals surface area contributed by atoms with Crippen molar-refractivity contribution in [2.45, 2.75) is 154 Å². The number of nitrogens with one attached hydrogen (secondary N) is 1. The fraction of sp³-hybridized carbons (Fsp3) is 0.897. The van der Waals surface area contributed by atoms with Gasteiger partial charge in [-0.3, -0.25) is 4.79 Å². The SMILES string of the molecule is C/C1=C\CCC(BC(C)(C)C2CCCC(C(=O)NC3CCCCCCC3)CCC2)CCC1. The summed E-state index contributed by atoms with van der Waals surface area (Å²) in [5.74, 6) is 2.39. The van der Waals surface area contributed by atoms with Gasteiger partial charge in [-0.2, -0.15) is 0 Å². The molecule has 0 radical (unpaired) electrons. The van der Waals surface area contributed by atoms with Gasteiger partial charge in [0.25, 0.3) is 0 Å². The minimum absolute atomic E-state index is 0.269. The second-order valence-electron chi connectivity index (χ2n) is 12.4. The van der Waals surface area contributed by atoms with E-state index in [0.717, 1.165) is 24.6 Å². The molecule has 3 heteroatoms. The molecule has 0 heterocycles. The lowest BCUT2D eigenvalue weighted by Crippen LogP contribution is -2.39. The van der Waals surface area contributed by atoms with Crippen LogP contribution in [0.1, 0.15) is 136 Å². The van der Waals surface area contributed by atoms with Gasteiger partial charge in [0.15, 0.2) is 0 Å². The summed E-state index contributed by atoms with van der Waals surface area (Å²) in [6.45, 7) is 7.42. The highest BCUT2D eigenvalue weighted by atomic mass is 16.1. The van der Waals surface area contributed by atoms with E-state index in [-0.39, 0.29) is 5.92 Å². The van der Waals surface area contributed by atoms with Gasteiger partial charge in [-0.1, -0.05) is 107 Å². The van der Waals surface area contributed by atoms with E-state index in [1.807, 2.05) is 0 Å². The van der Waals surface area contributed by atoms with Crippen molar-refractivity contribution in [1.82, 2.24) is 5.32 Å². The molecule has 3 aliphatic rings. The van der Waals surface area contributed by atoms with E-state index in [2.05, 4.69) is 32.2 Å². The number of carbonyl (C=O) groups is 1. The largest absolute Gasteiger partial charge is 0.353 e. The Morgan fingerprint density at radius 3 is 2.19 bits per heavy atom. The first-order valence-corrected chi connectivity index (χ1v) is 14.4. The van der Waals surface area contributed by atoms with Crippen LogP contribution >= 0.6 is 0 Å². The second kappa shape index (κ2) is 13.2. The molecule has 182 valence electrons. The maximum Gasteiger partial charge on any atom is 0.223 e. The Kier molecular flexibility index (Phi) is 10.7. The minimum atomic E-state index is 0.269. The van der Waals surface area contributed by atoms with E-state index in [0.29, 0.717) is 17.3 Å². The van der Waals surface area contributed by atoms with Crippen molar-refractivity contribution in [2.75, 3.05) is 0 Å². The molecule has 2 fully saturated rings. The van der Waals surface area contributed by atoms with Crippen LogP contribution in [0.25, 0.3) is 0 Å². The van der Waals surface area contributed by atoms with Crippen LogP contribution in [0.5, 0.6) is 0 Å². The Morgan fingerprint density at radius 1 is 0.844 bits per heavy atom. The molecule has 3 aliphatic carbocycles. The summed E-state index contributed by atoms with van der Waals surface area (Å²) >= 11 is 0. The van der Waals surface area contributed by atoms with Crippen molar-refractivity contribution in [1.29, 1.82) is 0 Å².